The van der Waals surface area contributed by atoms with Gasteiger partial charge in [-0.2, -0.15) is 0 Å². The lowest BCUT2D eigenvalue weighted by atomic mass is 9.52. The highest BCUT2D eigenvalue weighted by atomic mass is 16.5. The molecule has 4 aliphatic rings. The lowest BCUT2D eigenvalue weighted by Crippen LogP contribution is -2.49. The maximum Gasteiger partial charge on any atom is 0.302 e. The van der Waals surface area contributed by atoms with E-state index in [0.29, 0.717) is 19.3 Å². The molecule has 6 heteroatoms. The van der Waals surface area contributed by atoms with Crippen LogP contribution in [-0.4, -0.2) is 51.5 Å². The standard InChI is InChI=1S/C30H42O6/c1-17(7-8-20(28(3,4)35)16-36-18(2)31)23-14-25(33)27-22-10-9-19-13-21(32)11-12-29(19,5)24(22)15-26(34)30(23,27)6/h7-10,13,17,20,23-26,33-35H,11-12,14-16H2,1-6H3/b8-7+/t17-,20-,23-,24+,25+,26-,29+,30+/m1/s1. The van der Waals surface area contributed by atoms with Gasteiger partial charge < -0.3 is 20.1 Å². The summed E-state index contributed by atoms with van der Waals surface area (Å²) in [6, 6.07) is 0. The van der Waals surface area contributed by atoms with Gasteiger partial charge in [0.05, 0.1) is 17.8 Å². The monoisotopic (exact) mass is 498 g/mol. The average molecular weight is 499 g/mol. The van der Waals surface area contributed by atoms with Crippen molar-refractivity contribution in [1.82, 2.24) is 0 Å². The van der Waals surface area contributed by atoms with Crippen molar-refractivity contribution in [2.24, 2.45) is 34.5 Å². The van der Waals surface area contributed by atoms with Crippen LogP contribution in [0.5, 0.6) is 0 Å². The molecule has 36 heavy (non-hydrogen) atoms. The maximum atomic E-state index is 12.1. The van der Waals surface area contributed by atoms with Crippen molar-refractivity contribution in [3.05, 3.63) is 47.1 Å². The molecular weight excluding hydrogens is 456 g/mol. The number of hydrogen-bond acceptors (Lipinski definition) is 6. The molecule has 8 atom stereocenters. The van der Waals surface area contributed by atoms with Gasteiger partial charge >= 0.3 is 5.97 Å². The van der Waals surface area contributed by atoms with Crippen molar-refractivity contribution < 1.29 is 29.6 Å². The first-order chi connectivity index (χ1) is 16.7. The predicted molar refractivity (Wildman–Crippen MR) is 138 cm³/mol. The van der Waals surface area contributed by atoms with E-state index < -0.39 is 23.2 Å². The van der Waals surface area contributed by atoms with E-state index in [2.05, 4.69) is 26.8 Å². The molecule has 4 rings (SSSR count). The number of aliphatic hydroxyl groups is 3. The second-order valence-corrected chi connectivity index (χ2v) is 12.4. The summed E-state index contributed by atoms with van der Waals surface area (Å²) in [4.78, 5) is 23.4. The van der Waals surface area contributed by atoms with Gasteiger partial charge in [-0.15, -0.1) is 0 Å². The van der Waals surface area contributed by atoms with Gasteiger partial charge in [0.2, 0.25) is 0 Å². The molecule has 0 saturated heterocycles. The molecule has 4 aliphatic carbocycles. The number of allylic oxidation sites excluding steroid dienone is 6. The maximum absolute atomic E-state index is 12.1. The molecule has 0 aromatic carbocycles. The number of carbonyl (C=O) groups excluding carboxylic acids is 2. The molecule has 1 fully saturated rings. The van der Waals surface area contributed by atoms with E-state index in [9.17, 15) is 24.9 Å². The van der Waals surface area contributed by atoms with Crippen LogP contribution in [0.25, 0.3) is 0 Å². The SMILES string of the molecule is CC(=O)OC[C@@H](/C=C/[C@@H](C)[C@H]1C[C@H](O)C2=C3C=CC4=CC(=O)CC[C@]4(C)[C@H]3C[C@@H](O)[C@@]21C)C(C)(C)O. The van der Waals surface area contributed by atoms with E-state index >= 15 is 0 Å². The summed E-state index contributed by atoms with van der Waals surface area (Å²) in [7, 11) is 0. The molecule has 0 aromatic rings. The Hall–Kier alpha value is -2.02. The van der Waals surface area contributed by atoms with Gasteiger partial charge in [-0.1, -0.05) is 45.1 Å². The van der Waals surface area contributed by atoms with Crippen molar-refractivity contribution in [1.29, 1.82) is 0 Å². The first kappa shape index (κ1) is 27.0. The van der Waals surface area contributed by atoms with Crippen molar-refractivity contribution in [3.8, 4) is 0 Å². The lowest BCUT2D eigenvalue weighted by molar-refractivity contribution is -0.143. The fraction of sp³-hybridized carbons (Fsp3) is 0.667. The summed E-state index contributed by atoms with van der Waals surface area (Å²) in [6.07, 6.45) is 11.0. The zero-order valence-electron chi connectivity index (χ0n) is 22.5. The number of rotatable bonds is 6. The van der Waals surface area contributed by atoms with Gasteiger partial charge in [0.25, 0.3) is 0 Å². The number of ether oxygens (including phenoxy) is 1. The van der Waals surface area contributed by atoms with Gasteiger partial charge in [0.1, 0.15) is 6.61 Å². The highest BCUT2D eigenvalue weighted by Gasteiger charge is 2.59. The van der Waals surface area contributed by atoms with Crippen LogP contribution in [0.4, 0.5) is 0 Å². The quantitative estimate of drug-likeness (QED) is 0.377. The van der Waals surface area contributed by atoms with Crippen LogP contribution in [0.15, 0.2) is 47.1 Å². The van der Waals surface area contributed by atoms with E-state index in [1.165, 1.54) is 6.92 Å². The average Bonchev–Trinajstić information content (AvgIpc) is 3.06. The Labute approximate surface area is 214 Å². The van der Waals surface area contributed by atoms with Gasteiger partial charge in [-0.3, -0.25) is 9.59 Å². The summed E-state index contributed by atoms with van der Waals surface area (Å²) in [5.41, 5.74) is 1.25. The summed E-state index contributed by atoms with van der Waals surface area (Å²) >= 11 is 0. The lowest BCUT2D eigenvalue weighted by Gasteiger charge is -2.53. The number of hydrogen-bond donors (Lipinski definition) is 3. The third-order valence-electron chi connectivity index (χ3n) is 9.73. The van der Waals surface area contributed by atoms with E-state index in [1.807, 2.05) is 18.2 Å². The Morgan fingerprint density at radius 3 is 2.56 bits per heavy atom. The Bertz CT molecular complexity index is 1040. The van der Waals surface area contributed by atoms with Gasteiger partial charge in [0.15, 0.2) is 5.78 Å². The molecule has 0 aliphatic heterocycles. The molecule has 6 nitrogen and oxygen atoms in total. The van der Waals surface area contributed by atoms with E-state index in [0.717, 1.165) is 23.1 Å². The summed E-state index contributed by atoms with van der Waals surface area (Å²) in [6.45, 7) is 11.2. The number of carbonyl (C=O) groups is 2. The fourth-order valence-electron chi connectivity index (χ4n) is 7.32. The number of aliphatic hydroxyl groups excluding tert-OH is 2. The number of esters is 1. The molecule has 1 saturated carbocycles. The number of fused-ring (bicyclic) bond motifs is 4. The molecule has 198 valence electrons. The summed E-state index contributed by atoms with van der Waals surface area (Å²) in [5.74, 6) is -0.511. The normalized spacial score (nSPS) is 37.8. The Balaban J connectivity index is 1.67. The third-order valence-corrected chi connectivity index (χ3v) is 9.73. The van der Waals surface area contributed by atoms with Crippen LogP contribution < -0.4 is 0 Å². The Kier molecular flexibility index (Phi) is 7.04. The zero-order valence-corrected chi connectivity index (χ0v) is 22.5. The van der Waals surface area contributed by atoms with Crippen molar-refractivity contribution in [3.63, 3.8) is 0 Å². The first-order valence-electron chi connectivity index (χ1n) is 13.3. The van der Waals surface area contributed by atoms with E-state index in [1.54, 1.807) is 19.9 Å². The van der Waals surface area contributed by atoms with E-state index in [4.69, 9.17) is 4.74 Å². The van der Waals surface area contributed by atoms with Crippen LogP contribution in [-0.2, 0) is 14.3 Å². The van der Waals surface area contributed by atoms with Crippen LogP contribution in [0.1, 0.15) is 67.2 Å². The fourth-order valence-corrected chi connectivity index (χ4v) is 7.32. The van der Waals surface area contributed by atoms with Gasteiger partial charge in [0, 0.05) is 24.7 Å². The smallest absolute Gasteiger partial charge is 0.302 e. The Morgan fingerprint density at radius 1 is 1.22 bits per heavy atom. The molecule has 0 amide bonds. The minimum Gasteiger partial charge on any atom is -0.465 e. The molecule has 0 aromatic heterocycles. The molecule has 0 radical (unpaired) electrons. The third kappa shape index (κ3) is 4.46. The first-order valence-corrected chi connectivity index (χ1v) is 13.3. The number of ketones is 1. The van der Waals surface area contributed by atoms with Crippen molar-refractivity contribution in [2.75, 3.05) is 6.61 Å². The zero-order chi connectivity index (χ0) is 26.6. The molecular formula is C30H42O6. The summed E-state index contributed by atoms with van der Waals surface area (Å²) in [5, 5.41) is 33.6. The molecule has 0 heterocycles. The second-order valence-electron chi connectivity index (χ2n) is 12.4. The van der Waals surface area contributed by atoms with Crippen molar-refractivity contribution >= 4 is 11.8 Å². The second kappa shape index (κ2) is 9.38. The molecule has 0 bridgehead atoms. The molecule has 0 spiro atoms. The van der Waals surface area contributed by atoms with Crippen LogP contribution >= 0.6 is 0 Å². The van der Waals surface area contributed by atoms with Gasteiger partial charge in [-0.05, 0) is 79.1 Å². The minimum atomic E-state index is -1.07. The van der Waals surface area contributed by atoms with Crippen LogP contribution in [0.3, 0.4) is 0 Å². The minimum absolute atomic E-state index is 0.00413. The Morgan fingerprint density at radius 2 is 1.92 bits per heavy atom. The molecule has 3 N–H and O–H groups in total. The van der Waals surface area contributed by atoms with Crippen molar-refractivity contribution in [2.45, 2.75) is 85.0 Å². The van der Waals surface area contributed by atoms with Crippen LogP contribution in [0.2, 0.25) is 0 Å². The highest BCUT2D eigenvalue weighted by molar-refractivity contribution is 5.92. The largest absolute Gasteiger partial charge is 0.465 e. The van der Waals surface area contributed by atoms with Gasteiger partial charge in [-0.25, -0.2) is 0 Å². The summed E-state index contributed by atoms with van der Waals surface area (Å²) < 4.78 is 5.18. The topological polar surface area (TPSA) is 104 Å². The van der Waals surface area contributed by atoms with Crippen LogP contribution in [0, 0.1) is 34.5 Å². The molecule has 0 unspecified atom stereocenters. The van der Waals surface area contributed by atoms with E-state index in [-0.39, 0.29) is 47.4 Å². The highest BCUT2D eigenvalue weighted by Crippen LogP contribution is 2.63. The predicted octanol–water partition coefficient (Wildman–Crippen LogP) is 4.06.